The summed E-state index contributed by atoms with van der Waals surface area (Å²) in [7, 11) is 0. The number of amides is 1. The Hall–Kier alpha value is -1.92. The summed E-state index contributed by atoms with van der Waals surface area (Å²) in [4.78, 5) is 15.3. The smallest absolute Gasteiger partial charge is 0.256 e. The molecule has 0 saturated carbocycles. The fourth-order valence-corrected chi connectivity index (χ4v) is 4.54. The molecule has 0 radical (unpaired) electrons. The van der Waals surface area contributed by atoms with Gasteiger partial charge in [-0.1, -0.05) is 25.4 Å². The molecule has 28 heavy (non-hydrogen) atoms. The topological polar surface area (TPSA) is 50.2 Å². The first-order valence-electron chi connectivity index (χ1n) is 9.78. The number of carbonyl (C=O) groups is 1. The molecule has 0 spiro atoms. The Kier molecular flexibility index (Phi) is 6.40. The SMILES string of the molecule is Cc1nn(-c2ccc(F)cc2)c(Cl)c1C(=O)N[C@H](C)CN1C[C@H](C)C[C@@H](C)C1. The minimum Gasteiger partial charge on any atom is -0.348 e. The van der Waals surface area contributed by atoms with Gasteiger partial charge in [-0.3, -0.25) is 4.79 Å². The van der Waals surface area contributed by atoms with Crippen LogP contribution in [0.2, 0.25) is 5.15 Å². The van der Waals surface area contributed by atoms with Gasteiger partial charge in [-0.25, -0.2) is 9.07 Å². The Morgan fingerprint density at radius 3 is 2.50 bits per heavy atom. The Labute approximate surface area is 170 Å². The maximum Gasteiger partial charge on any atom is 0.256 e. The lowest BCUT2D eigenvalue weighted by Crippen LogP contribution is -2.47. The second kappa shape index (κ2) is 8.62. The van der Waals surface area contributed by atoms with Crippen LogP contribution < -0.4 is 5.32 Å². The van der Waals surface area contributed by atoms with Crippen LogP contribution in [0, 0.1) is 24.6 Å². The second-order valence-electron chi connectivity index (χ2n) is 8.18. The number of rotatable bonds is 5. The number of aryl methyl sites for hydroxylation is 1. The van der Waals surface area contributed by atoms with Crippen molar-refractivity contribution in [1.29, 1.82) is 0 Å². The van der Waals surface area contributed by atoms with E-state index in [1.807, 2.05) is 6.92 Å². The first kappa shape index (κ1) is 20.8. The highest BCUT2D eigenvalue weighted by atomic mass is 35.5. The van der Waals surface area contributed by atoms with E-state index in [-0.39, 0.29) is 22.9 Å². The number of hydrogen-bond acceptors (Lipinski definition) is 3. The van der Waals surface area contributed by atoms with E-state index in [0.29, 0.717) is 28.8 Å². The fraction of sp³-hybridized carbons (Fsp3) is 0.524. The number of benzene rings is 1. The Morgan fingerprint density at radius 2 is 1.89 bits per heavy atom. The molecule has 1 aromatic carbocycles. The van der Waals surface area contributed by atoms with Crippen LogP contribution in [-0.2, 0) is 0 Å². The Bertz CT molecular complexity index is 826. The van der Waals surface area contributed by atoms with E-state index in [4.69, 9.17) is 11.6 Å². The predicted molar refractivity (Wildman–Crippen MR) is 110 cm³/mol. The number of nitrogens with zero attached hydrogens (tertiary/aromatic N) is 3. The van der Waals surface area contributed by atoms with Crippen LogP contribution in [0.25, 0.3) is 5.69 Å². The molecule has 0 aliphatic carbocycles. The first-order valence-corrected chi connectivity index (χ1v) is 10.2. The average molecular weight is 407 g/mol. The highest BCUT2D eigenvalue weighted by Crippen LogP contribution is 2.24. The molecule has 0 unspecified atom stereocenters. The van der Waals surface area contributed by atoms with E-state index in [1.54, 1.807) is 19.1 Å². The molecule has 3 atom stereocenters. The lowest BCUT2D eigenvalue weighted by atomic mass is 9.92. The van der Waals surface area contributed by atoms with Crippen molar-refractivity contribution >= 4 is 17.5 Å². The molecule has 0 bridgehead atoms. The van der Waals surface area contributed by atoms with E-state index < -0.39 is 0 Å². The molecule has 2 heterocycles. The quantitative estimate of drug-likeness (QED) is 0.814. The average Bonchev–Trinajstić information content (AvgIpc) is 2.89. The van der Waals surface area contributed by atoms with Gasteiger partial charge in [-0.05, 0) is 56.4 Å². The van der Waals surface area contributed by atoms with Crippen LogP contribution in [0.1, 0.15) is 43.2 Å². The van der Waals surface area contributed by atoms with E-state index >= 15 is 0 Å². The van der Waals surface area contributed by atoms with Crippen molar-refractivity contribution in [2.45, 2.75) is 40.2 Å². The van der Waals surface area contributed by atoms with Gasteiger partial charge in [-0.2, -0.15) is 5.10 Å². The molecule has 1 saturated heterocycles. The molecule has 152 valence electrons. The summed E-state index contributed by atoms with van der Waals surface area (Å²) < 4.78 is 14.6. The van der Waals surface area contributed by atoms with Crippen molar-refractivity contribution in [3.05, 3.63) is 46.5 Å². The summed E-state index contributed by atoms with van der Waals surface area (Å²) in [5, 5.41) is 7.65. The van der Waals surface area contributed by atoms with E-state index in [2.05, 4.69) is 29.2 Å². The van der Waals surface area contributed by atoms with Crippen molar-refractivity contribution in [3.63, 3.8) is 0 Å². The van der Waals surface area contributed by atoms with Crippen LogP contribution in [0.15, 0.2) is 24.3 Å². The molecule has 1 amide bonds. The van der Waals surface area contributed by atoms with Crippen molar-refractivity contribution in [2.24, 2.45) is 11.8 Å². The van der Waals surface area contributed by atoms with Gasteiger partial charge < -0.3 is 10.2 Å². The maximum atomic E-state index is 13.2. The summed E-state index contributed by atoms with van der Waals surface area (Å²) in [6.07, 6.45) is 1.26. The maximum absolute atomic E-state index is 13.2. The van der Waals surface area contributed by atoms with Gasteiger partial charge in [0.1, 0.15) is 11.0 Å². The minimum absolute atomic E-state index is 0.00496. The molecular weight excluding hydrogens is 379 g/mol. The van der Waals surface area contributed by atoms with Gasteiger partial charge in [0.2, 0.25) is 0 Å². The summed E-state index contributed by atoms with van der Waals surface area (Å²) in [5.74, 6) is 0.785. The Morgan fingerprint density at radius 1 is 1.29 bits per heavy atom. The third-order valence-corrected chi connectivity index (χ3v) is 5.51. The molecule has 1 fully saturated rings. The largest absolute Gasteiger partial charge is 0.348 e. The van der Waals surface area contributed by atoms with Crippen LogP contribution in [-0.4, -0.2) is 46.3 Å². The normalized spacial score (nSPS) is 21.5. The highest BCUT2D eigenvalue weighted by Gasteiger charge is 2.25. The third kappa shape index (κ3) is 4.73. The number of nitrogens with one attached hydrogen (secondary N) is 1. The van der Waals surface area contributed by atoms with Crippen LogP contribution in [0.5, 0.6) is 0 Å². The molecule has 5 nitrogen and oxygen atoms in total. The second-order valence-corrected chi connectivity index (χ2v) is 8.54. The molecule has 3 rings (SSSR count). The predicted octanol–water partition coefficient (Wildman–Crippen LogP) is 4.07. The fourth-order valence-electron chi connectivity index (χ4n) is 4.18. The zero-order valence-corrected chi connectivity index (χ0v) is 17.6. The first-order chi connectivity index (χ1) is 13.2. The van der Waals surface area contributed by atoms with Crippen molar-refractivity contribution in [1.82, 2.24) is 20.0 Å². The number of halogens is 2. The summed E-state index contributed by atoms with van der Waals surface area (Å²) in [6, 6.07) is 5.83. The van der Waals surface area contributed by atoms with E-state index in [9.17, 15) is 9.18 Å². The molecule has 1 aliphatic rings. The molecule has 7 heteroatoms. The van der Waals surface area contributed by atoms with Crippen LogP contribution in [0.4, 0.5) is 4.39 Å². The minimum atomic E-state index is -0.336. The van der Waals surface area contributed by atoms with Crippen molar-refractivity contribution < 1.29 is 9.18 Å². The van der Waals surface area contributed by atoms with Crippen LogP contribution in [0.3, 0.4) is 0 Å². The van der Waals surface area contributed by atoms with E-state index in [1.165, 1.54) is 23.2 Å². The zero-order chi connectivity index (χ0) is 20.4. The standard InChI is InChI=1S/C21H28ClFN4O/c1-13-9-14(2)11-26(10-13)12-15(3)24-21(28)19-16(4)25-27(20(19)22)18-7-5-17(23)6-8-18/h5-8,13-15H,9-12H2,1-4H3,(H,24,28)/t13-,14-,15-/m1/s1. The summed E-state index contributed by atoms with van der Waals surface area (Å²) >= 11 is 6.45. The van der Waals surface area contributed by atoms with Gasteiger partial charge in [0.25, 0.3) is 5.91 Å². The van der Waals surface area contributed by atoms with Gasteiger partial charge >= 0.3 is 0 Å². The van der Waals surface area contributed by atoms with Gasteiger partial charge in [0, 0.05) is 25.7 Å². The number of aromatic nitrogens is 2. The number of likely N-dealkylation sites (tertiary alicyclic amines) is 1. The monoisotopic (exact) mass is 406 g/mol. The third-order valence-electron chi connectivity index (χ3n) is 5.16. The molecule has 1 aliphatic heterocycles. The van der Waals surface area contributed by atoms with Gasteiger partial charge in [-0.15, -0.1) is 0 Å². The lowest BCUT2D eigenvalue weighted by molar-refractivity contribution is 0.0904. The number of hydrogen-bond donors (Lipinski definition) is 1. The van der Waals surface area contributed by atoms with Crippen molar-refractivity contribution in [3.8, 4) is 5.69 Å². The summed E-state index contributed by atoms with van der Waals surface area (Å²) in [6.45, 7) is 11.2. The molecule has 2 aromatic rings. The van der Waals surface area contributed by atoms with Gasteiger partial charge in [0.15, 0.2) is 0 Å². The lowest BCUT2D eigenvalue weighted by Gasteiger charge is -2.36. The van der Waals surface area contributed by atoms with E-state index in [0.717, 1.165) is 19.6 Å². The summed E-state index contributed by atoms with van der Waals surface area (Å²) in [5.41, 5.74) is 1.51. The highest BCUT2D eigenvalue weighted by molar-refractivity contribution is 6.33. The Balaban J connectivity index is 1.69. The molecule has 1 aromatic heterocycles. The number of carbonyl (C=O) groups excluding carboxylic acids is 1. The van der Waals surface area contributed by atoms with Gasteiger partial charge in [0.05, 0.1) is 16.9 Å². The van der Waals surface area contributed by atoms with Crippen LogP contribution >= 0.6 is 11.6 Å². The molecular formula is C21H28ClFN4O. The molecule has 1 N–H and O–H groups in total. The zero-order valence-electron chi connectivity index (χ0n) is 16.9. The number of piperidine rings is 1. The van der Waals surface area contributed by atoms with Crippen molar-refractivity contribution in [2.75, 3.05) is 19.6 Å².